The summed E-state index contributed by atoms with van der Waals surface area (Å²) in [5, 5.41) is 5.46. The Labute approximate surface area is 233 Å². The summed E-state index contributed by atoms with van der Waals surface area (Å²) in [5.74, 6) is -0.425. The number of nitrogens with zero attached hydrogens (tertiary/aromatic N) is 1. The zero-order valence-corrected chi connectivity index (χ0v) is 22.1. The van der Waals surface area contributed by atoms with Gasteiger partial charge in [-0.3, -0.25) is 19.3 Å². The Morgan fingerprint density at radius 3 is 2.42 bits per heavy atom. The van der Waals surface area contributed by atoms with Gasteiger partial charge in [-0.05, 0) is 82.7 Å². The van der Waals surface area contributed by atoms with Crippen molar-refractivity contribution in [1.82, 2.24) is 4.90 Å². The number of fused-ring (bicyclic) bond motifs is 1. The Bertz CT molecular complexity index is 1590. The SMILES string of the molecule is O=C(COc1ccc(Cl)cc1/C=C1\SC(=O)N(Cc2ccc3ccccc3c2)C1=O)Nc1ccc(Cl)cc1. The van der Waals surface area contributed by atoms with Crippen molar-refractivity contribution < 1.29 is 19.1 Å². The van der Waals surface area contributed by atoms with Gasteiger partial charge in [-0.2, -0.15) is 0 Å². The third-order valence-corrected chi connectivity index (χ3v) is 7.17. The summed E-state index contributed by atoms with van der Waals surface area (Å²) >= 11 is 12.9. The molecule has 9 heteroatoms. The molecule has 0 spiro atoms. The third kappa shape index (κ3) is 6.02. The zero-order chi connectivity index (χ0) is 26.6. The second-order valence-electron chi connectivity index (χ2n) is 8.48. The van der Waals surface area contributed by atoms with Gasteiger partial charge in [0.05, 0.1) is 11.4 Å². The van der Waals surface area contributed by atoms with Crippen LogP contribution in [0.1, 0.15) is 11.1 Å². The Morgan fingerprint density at radius 2 is 1.63 bits per heavy atom. The molecule has 1 aliphatic rings. The molecule has 1 fully saturated rings. The normalized spacial score (nSPS) is 14.4. The Kier molecular flexibility index (Phi) is 7.69. The largest absolute Gasteiger partial charge is 0.483 e. The number of rotatable bonds is 7. The second kappa shape index (κ2) is 11.3. The number of nitrogens with one attached hydrogen (secondary N) is 1. The van der Waals surface area contributed by atoms with Crippen LogP contribution in [-0.2, 0) is 16.1 Å². The summed E-state index contributed by atoms with van der Waals surface area (Å²) in [6, 6.07) is 25.3. The number of ether oxygens (including phenoxy) is 1. The summed E-state index contributed by atoms with van der Waals surface area (Å²) in [7, 11) is 0. The predicted molar refractivity (Wildman–Crippen MR) is 152 cm³/mol. The molecule has 6 nitrogen and oxygen atoms in total. The topological polar surface area (TPSA) is 75.7 Å². The highest BCUT2D eigenvalue weighted by Gasteiger charge is 2.35. The van der Waals surface area contributed by atoms with Gasteiger partial charge in [-0.1, -0.05) is 59.6 Å². The molecule has 3 amide bonds. The molecule has 1 N–H and O–H groups in total. The number of carbonyl (C=O) groups excluding carboxylic acids is 3. The van der Waals surface area contributed by atoms with E-state index in [2.05, 4.69) is 5.32 Å². The maximum Gasteiger partial charge on any atom is 0.293 e. The van der Waals surface area contributed by atoms with Gasteiger partial charge in [0.25, 0.3) is 17.1 Å². The molecular weight excluding hydrogens is 543 g/mol. The first kappa shape index (κ1) is 25.9. The lowest BCUT2D eigenvalue weighted by Gasteiger charge is -2.13. The van der Waals surface area contributed by atoms with Gasteiger partial charge in [0.2, 0.25) is 0 Å². The lowest BCUT2D eigenvalue weighted by atomic mass is 10.1. The molecule has 0 saturated carbocycles. The van der Waals surface area contributed by atoms with Crippen LogP contribution in [0, 0.1) is 0 Å². The van der Waals surface area contributed by atoms with E-state index < -0.39 is 5.91 Å². The number of hydrogen-bond donors (Lipinski definition) is 1. The molecule has 0 bridgehead atoms. The maximum absolute atomic E-state index is 13.1. The molecule has 5 rings (SSSR count). The van der Waals surface area contributed by atoms with E-state index in [0.717, 1.165) is 28.1 Å². The second-order valence-corrected chi connectivity index (χ2v) is 10.3. The van der Waals surface area contributed by atoms with Crippen molar-refractivity contribution in [2.75, 3.05) is 11.9 Å². The van der Waals surface area contributed by atoms with E-state index in [0.29, 0.717) is 27.0 Å². The first-order valence-corrected chi connectivity index (χ1v) is 13.1. The van der Waals surface area contributed by atoms with Crippen LogP contribution in [-0.4, -0.2) is 28.6 Å². The van der Waals surface area contributed by atoms with Crippen LogP contribution >= 0.6 is 35.0 Å². The maximum atomic E-state index is 13.1. The van der Waals surface area contributed by atoms with E-state index >= 15 is 0 Å². The Hall–Kier alpha value is -3.78. The number of carbonyl (C=O) groups is 3. The van der Waals surface area contributed by atoms with Crippen LogP contribution in [0.5, 0.6) is 5.75 Å². The minimum Gasteiger partial charge on any atom is -0.483 e. The Morgan fingerprint density at radius 1 is 0.895 bits per heavy atom. The van der Waals surface area contributed by atoms with E-state index in [9.17, 15) is 14.4 Å². The first-order valence-electron chi connectivity index (χ1n) is 11.6. The van der Waals surface area contributed by atoms with E-state index in [1.807, 2.05) is 42.5 Å². The molecule has 0 radical (unpaired) electrons. The highest BCUT2D eigenvalue weighted by Crippen LogP contribution is 2.36. The van der Waals surface area contributed by atoms with Crippen molar-refractivity contribution >= 4 is 74.6 Å². The highest BCUT2D eigenvalue weighted by molar-refractivity contribution is 8.18. The fourth-order valence-corrected chi connectivity index (χ4v) is 5.07. The quantitative estimate of drug-likeness (QED) is 0.237. The van der Waals surface area contributed by atoms with Crippen LogP contribution in [0.2, 0.25) is 10.0 Å². The Balaban J connectivity index is 1.30. The van der Waals surface area contributed by atoms with E-state index in [4.69, 9.17) is 27.9 Å². The molecule has 38 heavy (non-hydrogen) atoms. The summed E-state index contributed by atoms with van der Waals surface area (Å²) in [6.45, 7) is -0.106. The lowest BCUT2D eigenvalue weighted by molar-refractivity contribution is -0.123. The highest BCUT2D eigenvalue weighted by atomic mass is 35.5. The number of thioether (sulfide) groups is 1. The van der Waals surface area contributed by atoms with Crippen LogP contribution < -0.4 is 10.1 Å². The minimum atomic E-state index is -0.403. The van der Waals surface area contributed by atoms with Crippen molar-refractivity contribution in [3.8, 4) is 5.75 Å². The van der Waals surface area contributed by atoms with Gasteiger partial charge in [-0.15, -0.1) is 0 Å². The monoisotopic (exact) mass is 562 g/mol. The van der Waals surface area contributed by atoms with Crippen LogP contribution in [0.3, 0.4) is 0 Å². The van der Waals surface area contributed by atoms with Gasteiger partial charge >= 0.3 is 0 Å². The molecule has 0 atom stereocenters. The van der Waals surface area contributed by atoms with Crippen molar-refractivity contribution in [2.45, 2.75) is 6.54 Å². The molecule has 190 valence electrons. The van der Waals surface area contributed by atoms with Gasteiger partial charge in [0.15, 0.2) is 6.61 Å². The molecule has 1 saturated heterocycles. The minimum absolute atomic E-state index is 0.163. The van der Waals surface area contributed by atoms with Crippen molar-refractivity contribution in [3.63, 3.8) is 0 Å². The van der Waals surface area contributed by atoms with Crippen molar-refractivity contribution in [1.29, 1.82) is 0 Å². The average molecular weight is 563 g/mol. The fraction of sp³-hybridized carbons (Fsp3) is 0.0690. The summed E-state index contributed by atoms with van der Waals surface area (Å²) in [4.78, 5) is 39.7. The van der Waals surface area contributed by atoms with Gasteiger partial charge in [0, 0.05) is 21.3 Å². The van der Waals surface area contributed by atoms with Gasteiger partial charge in [-0.25, -0.2) is 0 Å². The molecule has 0 aliphatic carbocycles. The number of benzene rings is 4. The molecule has 4 aromatic rings. The summed E-state index contributed by atoms with van der Waals surface area (Å²) in [6.07, 6.45) is 1.56. The van der Waals surface area contributed by atoms with E-state index in [1.165, 1.54) is 4.90 Å². The molecular formula is C29H20Cl2N2O4S. The predicted octanol–water partition coefficient (Wildman–Crippen LogP) is 7.40. The van der Waals surface area contributed by atoms with E-state index in [-0.39, 0.29) is 29.2 Å². The smallest absolute Gasteiger partial charge is 0.293 e. The third-order valence-electron chi connectivity index (χ3n) is 5.77. The average Bonchev–Trinajstić information content (AvgIpc) is 3.16. The van der Waals surface area contributed by atoms with Gasteiger partial charge in [0.1, 0.15) is 5.75 Å². The molecule has 1 aliphatic heterocycles. The standard InChI is InChI=1S/C29H20Cl2N2O4S/c30-22-7-10-24(11-8-22)32-27(34)17-37-25-12-9-23(31)14-21(25)15-26-28(35)33(29(36)38-26)16-18-5-6-19-3-1-2-4-20(19)13-18/h1-15H,16-17H2,(H,32,34)/b26-15-. The summed E-state index contributed by atoms with van der Waals surface area (Å²) < 4.78 is 5.73. The van der Waals surface area contributed by atoms with Crippen LogP contribution in [0.25, 0.3) is 16.8 Å². The first-order chi connectivity index (χ1) is 18.4. The van der Waals surface area contributed by atoms with Crippen LogP contribution in [0.4, 0.5) is 10.5 Å². The molecule has 0 unspecified atom stereocenters. The molecule has 1 heterocycles. The number of anilines is 1. The number of halogens is 2. The molecule has 0 aromatic heterocycles. The van der Waals surface area contributed by atoms with Crippen LogP contribution in [0.15, 0.2) is 89.8 Å². The zero-order valence-electron chi connectivity index (χ0n) is 19.8. The van der Waals surface area contributed by atoms with Crippen molar-refractivity contribution in [3.05, 3.63) is 111 Å². The molecule has 4 aromatic carbocycles. The number of imide groups is 1. The number of hydrogen-bond acceptors (Lipinski definition) is 5. The van der Waals surface area contributed by atoms with Crippen molar-refractivity contribution in [2.24, 2.45) is 0 Å². The number of amides is 3. The van der Waals surface area contributed by atoms with Gasteiger partial charge < -0.3 is 10.1 Å². The van der Waals surface area contributed by atoms with E-state index in [1.54, 1.807) is 48.5 Å². The summed E-state index contributed by atoms with van der Waals surface area (Å²) in [5.41, 5.74) is 1.91. The fourth-order valence-electron chi connectivity index (χ4n) is 3.93. The lowest BCUT2D eigenvalue weighted by Crippen LogP contribution is -2.27.